The van der Waals surface area contributed by atoms with E-state index in [2.05, 4.69) is 4.98 Å². The molecule has 0 atom stereocenters. The molecule has 4 heteroatoms. The topological polar surface area (TPSA) is 65.2 Å². The number of aromatic nitrogens is 1. The summed E-state index contributed by atoms with van der Waals surface area (Å²) >= 11 is 0. The molecule has 4 nitrogen and oxygen atoms in total. The van der Waals surface area contributed by atoms with Crippen LogP contribution in [0.5, 0.6) is 0 Å². The van der Waals surface area contributed by atoms with Gasteiger partial charge in [-0.25, -0.2) is 0 Å². The number of nitrogens with two attached hydrogens (primary N) is 1. The van der Waals surface area contributed by atoms with Crippen LogP contribution in [0.3, 0.4) is 0 Å². The maximum Gasteiger partial charge on any atom is 0.183 e. The van der Waals surface area contributed by atoms with Gasteiger partial charge in [0.1, 0.15) is 5.69 Å². The van der Waals surface area contributed by atoms with Gasteiger partial charge in [0, 0.05) is 25.8 Å². The molecule has 16 heavy (non-hydrogen) atoms. The summed E-state index contributed by atoms with van der Waals surface area (Å²) in [6.45, 7) is 1.52. The summed E-state index contributed by atoms with van der Waals surface area (Å²) in [5.74, 6) is 0.465. The monoisotopic (exact) mass is 220 g/mol. The van der Waals surface area contributed by atoms with Gasteiger partial charge in [-0.1, -0.05) is 0 Å². The maximum absolute atomic E-state index is 12.0. The van der Waals surface area contributed by atoms with Crippen LogP contribution in [0, 0.1) is 5.92 Å². The van der Waals surface area contributed by atoms with Gasteiger partial charge >= 0.3 is 0 Å². The summed E-state index contributed by atoms with van der Waals surface area (Å²) in [5, 5.41) is 0. The highest BCUT2D eigenvalue weighted by atomic mass is 16.5. The Balaban J connectivity index is 2.00. The zero-order valence-corrected chi connectivity index (χ0v) is 9.19. The Hall–Kier alpha value is -1.42. The highest BCUT2D eigenvalue weighted by Crippen LogP contribution is 2.21. The Morgan fingerprint density at radius 1 is 1.50 bits per heavy atom. The zero-order valence-electron chi connectivity index (χ0n) is 9.19. The van der Waals surface area contributed by atoms with Gasteiger partial charge in [-0.15, -0.1) is 0 Å². The number of nitrogens with zero attached hydrogens (tertiary/aromatic N) is 1. The van der Waals surface area contributed by atoms with Crippen molar-refractivity contribution >= 4 is 11.5 Å². The van der Waals surface area contributed by atoms with Gasteiger partial charge in [-0.05, 0) is 30.9 Å². The van der Waals surface area contributed by atoms with E-state index in [0.717, 1.165) is 26.1 Å². The van der Waals surface area contributed by atoms with Gasteiger partial charge in [0.05, 0.1) is 5.69 Å². The summed E-state index contributed by atoms with van der Waals surface area (Å²) in [7, 11) is 0. The minimum absolute atomic E-state index is 0.0463. The number of ketones is 1. The van der Waals surface area contributed by atoms with E-state index in [0.29, 0.717) is 23.7 Å². The zero-order chi connectivity index (χ0) is 11.4. The molecule has 0 aliphatic carbocycles. The maximum atomic E-state index is 12.0. The fourth-order valence-electron chi connectivity index (χ4n) is 1.96. The first-order chi connectivity index (χ1) is 7.77. The summed E-state index contributed by atoms with van der Waals surface area (Å²) in [4.78, 5) is 16.0. The fourth-order valence-corrected chi connectivity index (χ4v) is 1.96. The van der Waals surface area contributed by atoms with E-state index in [9.17, 15) is 4.79 Å². The number of rotatable bonds is 3. The highest BCUT2D eigenvalue weighted by molar-refractivity contribution is 5.98. The van der Waals surface area contributed by atoms with Crippen LogP contribution in [-0.2, 0) is 4.74 Å². The first-order valence-corrected chi connectivity index (χ1v) is 5.59. The number of Topliss-reactive ketones (excluding diaryl/α,β-unsaturated/α-hetero) is 1. The van der Waals surface area contributed by atoms with Crippen LogP contribution in [0.15, 0.2) is 18.3 Å². The van der Waals surface area contributed by atoms with Crippen molar-refractivity contribution in [3.05, 3.63) is 24.0 Å². The van der Waals surface area contributed by atoms with E-state index in [1.54, 1.807) is 18.3 Å². The van der Waals surface area contributed by atoms with Gasteiger partial charge < -0.3 is 10.5 Å². The van der Waals surface area contributed by atoms with Gasteiger partial charge in [0.25, 0.3) is 0 Å². The minimum atomic E-state index is 0.0463. The first-order valence-electron chi connectivity index (χ1n) is 5.59. The van der Waals surface area contributed by atoms with E-state index in [1.807, 2.05) is 0 Å². The van der Waals surface area contributed by atoms with E-state index < -0.39 is 0 Å². The van der Waals surface area contributed by atoms with Crippen molar-refractivity contribution in [1.82, 2.24) is 4.98 Å². The summed E-state index contributed by atoms with van der Waals surface area (Å²) < 4.78 is 5.26. The largest absolute Gasteiger partial charge is 0.397 e. The van der Waals surface area contributed by atoms with Crippen LogP contribution >= 0.6 is 0 Å². The lowest BCUT2D eigenvalue weighted by Crippen LogP contribution is -2.19. The average Bonchev–Trinajstić information content (AvgIpc) is 2.31. The van der Waals surface area contributed by atoms with Crippen LogP contribution in [-0.4, -0.2) is 24.0 Å². The van der Waals surface area contributed by atoms with Crippen molar-refractivity contribution in [2.24, 2.45) is 5.92 Å². The molecule has 2 rings (SSSR count). The molecule has 1 saturated heterocycles. The van der Waals surface area contributed by atoms with E-state index in [4.69, 9.17) is 10.5 Å². The Kier molecular flexibility index (Phi) is 3.51. The molecule has 1 aromatic heterocycles. The van der Waals surface area contributed by atoms with Crippen LogP contribution < -0.4 is 5.73 Å². The Labute approximate surface area is 94.8 Å². The number of pyridine rings is 1. The molecule has 0 spiro atoms. The number of ether oxygens (including phenoxy) is 1. The summed E-state index contributed by atoms with van der Waals surface area (Å²) in [5.41, 5.74) is 6.60. The van der Waals surface area contributed by atoms with Crippen molar-refractivity contribution in [2.45, 2.75) is 19.3 Å². The molecule has 1 fully saturated rings. The number of carbonyl (C=O) groups is 1. The molecule has 1 aromatic rings. The summed E-state index contributed by atoms with van der Waals surface area (Å²) in [6, 6.07) is 3.45. The highest BCUT2D eigenvalue weighted by Gasteiger charge is 2.20. The number of hydrogen-bond donors (Lipinski definition) is 1. The molecule has 0 saturated carbocycles. The second-order valence-electron chi connectivity index (χ2n) is 4.12. The van der Waals surface area contributed by atoms with Crippen molar-refractivity contribution in [3.63, 3.8) is 0 Å². The van der Waals surface area contributed by atoms with E-state index in [1.165, 1.54) is 0 Å². The quantitative estimate of drug-likeness (QED) is 0.787. The van der Waals surface area contributed by atoms with Crippen molar-refractivity contribution < 1.29 is 9.53 Å². The first kappa shape index (κ1) is 11.1. The second-order valence-corrected chi connectivity index (χ2v) is 4.12. The molecule has 0 radical (unpaired) electrons. The molecule has 86 valence electrons. The van der Waals surface area contributed by atoms with Gasteiger partial charge in [-0.3, -0.25) is 9.78 Å². The third-order valence-electron chi connectivity index (χ3n) is 2.92. The molecule has 0 unspecified atom stereocenters. The minimum Gasteiger partial charge on any atom is -0.397 e. The number of hydrogen-bond acceptors (Lipinski definition) is 4. The van der Waals surface area contributed by atoms with Gasteiger partial charge in [0.15, 0.2) is 5.78 Å². The third-order valence-corrected chi connectivity index (χ3v) is 2.92. The number of anilines is 1. The standard InChI is InChI=1S/C12H16N2O2/c13-10-2-1-5-14-12(10)11(15)8-9-3-6-16-7-4-9/h1-2,5,9H,3-4,6-8,13H2. The van der Waals surface area contributed by atoms with Crippen molar-refractivity contribution in [2.75, 3.05) is 18.9 Å². The predicted molar refractivity (Wildman–Crippen MR) is 61.1 cm³/mol. The second kappa shape index (κ2) is 5.07. The predicted octanol–water partition coefficient (Wildman–Crippen LogP) is 1.66. The van der Waals surface area contributed by atoms with Gasteiger partial charge in [0.2, 0.25) is 0 Å². The fraction of sp³-hybridized carbons (Fsp3) is 0.500. The molecule has 1 aliphatic heterocycles. The average molecular weight is 220 g/mol. The molecule has 0 bridgehead atoms. The summed E-state index contributed by atoms with van der Waals surface area (Å²) in [6.07, 6.45) is 4.05. The lowest BCUT2D eigenvalue weighted by Gasteiger charge is -2.21. The SMILES string of the molecule is Nc1cccnc1C(=O)CC1CCOCC1. The third kappa shape index (κ3) is 2.58. The normalized spacial score (nSPS) is 17.2. The molecule has 1 aliphatic rings. The van der Waals surface area contributed by atoms with Crippen molar-refractivity contribution in [1.29, 1.82) is 0 Å². The lowest BCUT2D eigenvalue weighted by molar-refractivity contribution is 0.0600. The molecule has 0 amide bonds. The Bertz CT molecular complexity index is 373. The smallest absolute Gasteiger partial charge is 0.183 e. The van der Waals surface area contributed by atoms with Crippen LogP contribution in [0.2, 0.25) is 0 Å². The van der Waals surface area contributed by atoms with Gasteiger partial charge in [-0.2, -0.15) is 0 Å². The molecule has 2 heterocycles. The van der Waals surface area contributed by atoms with Crippen molar-refractivity contribution in [3.8, 4) is 0 Å². The van der Waals surface area contributed by atoms with Crippen LogP contribution in [0.1, 0.15) is 29.8 Å². The number of carbonyl (C=O) groups excluding carboxylic acids is 1. The molecular formula is C12H16N2O2. The van der Waals surface area contributed by atoms with E-state index in [-0.39, 0.29) is 5.78 Å². The molecular weight excluding hydrogens is 204 g/mol. The Morgan fingerprint density at radius 2 is 2.25 bits per heavy atom. The Morgan fingerprint density at radius 3 is 2.94 bits per heavy atom. The lowest BCUT2D eigenvalue weighted by atomic mass is 9.93. The number of nitrogen functional groups attached to an aromatic ring is 1. The molecule has 2 N–H and O–H groups in total. The van der Waals surface area contributed by atoms with Crippen LogP contribution in [0.25, 0.3) is 0 Å². The van der Waals surface area contributed by atoms with Crippen LogP contribution in [0.4, 0.5) is 5.69 Å². The molecule has 0 aromatic carbocycles. The van der Waals surface area contributed by atoms with E-state index >= 15 is 0 Å².